The van der Waals surface area contributed by atoms with Crippen molar-refractivity contribution >= 4 is 6.40 Å². The van der Waals surface area contributed by atoms with E-state index < -0.39 is 0 Å². The van der Waals surface area contributed by atoms with Crippen molar-refractivity contribution in [3.8, 4) is 0 Å². The molecule has 38 valence electrons. The monoisotopic (exact) mass is 100 g/mol. The van der Waals surface area contributed by atoms with Crippen LogP contribution in [0.5, 0.6) is 0 Å². The highest BCUT2D eigenvalue weighted by atomic mass is 16.7. The van der Waals surface area contributed by atoms with Crippen LogP contribution in [-0.4, -0.2) is 6.40 Å². The van der Waals surface area contributed by atoms with E-state index in [-0.39, 0.29) is 5.88 Å². The van der Waals surface area contributed by atoms with Crippen LogP contribution in [0.4, 0.5) is 0 Å². The molecule has 1 aliphatic rings. The lowest BCUT2D eigenvalue weighted by molar-refractivity contribution is 0.211. The van der Waals surface area contributed by atoms with E-state index in [1.807, 2.05) is 0 Å². The number of nitrogens with zero attached hydrogens (tertiary/aromatic N) is 1. The minimum absolute atomic E-state index is 0.218. The third-order valence-electron chi connectivity index (χ3n) is 0.462. The zero-order valence-electron chi connectivity index (χ0n) is 3.50. The summed E-state index contributed by atoms with van der Waals surface area (Å²) in [6.45, 7) is 0. The van der Waals surface area contributed by atoms with Crippen molar-refractivity contribution in [3.05, 3.63) is 12.1 Å². The number of rotatable bonds is 0. The summed E-state index contributed by atoms with van der Waals surface area (Å²) in [6, 6.07) is 0. The molecule has 0 amide bonds. The van der Waals surface area contributed by atoms with Crippen LogP contribution in [0.1, 0.15) is 0 Å². The van der Waals surface area contributed by atoms with Gasteiger partial charge in [0.1, 0.15) is 0 Å². The van der Waals surface area contributed by atoms with E-state index >= 15 is 0 Å². The predicted octanol–water partition coefficient (Wildman–Crippen LogP) is -0.266. The summed E-state index contributed by atoms with van der Waals surface area (Å²) in [5, 5.41) is 3.22. The van der Waals surface area contributed by atoms with Crippen LogP contribution < -0.4 is 5.73 Å². The first kappa shape index (κ1) is 3.98. The Bertz CT molecular complexity index is 118. The molecule has 0 aromatic carbocycles. The van der Waals surface area contributed by atoms with Crippen LogP contribution in [-0.2, 0) is 9.57 Å². The van der Waals surface area contributed by atoms with Crippen LogP contribution in [0.2, 0.25) is 0 Å². The van der Waals surface area contributed by atoms with Gasteiger partial charge >= 0.3 is 0 Å². The van der Waals surface area contributed by atoms with Crippen LogP contribution in [0.25, 0.3) is 0 Å². The largest absolute Gasteiger partial charge is 0.423 e. The van der Waals surface area contributed by atoms with E-state index in [0.717, 1.165) is 6.40 Å². The first-order valence-corrected chi connectivity index (χ1v) is 1.69. The summed E-state index contributed by atoms with van der Waals surface area (Å²) in [6.07, 6.45) is 2.33. The molecule has 0 atom stereocenters. The molecule has 0 unspecified atom stereocenters. The Morgan fingerprint density at radius 3 is 2.86 bits per heavy atom. The van der Waals surface area contributed by atoms with Gasteiger partial charge in [0.25, 0.3) is 0 Å². The molecule has 0 radical (unpaired) electrons. The second kappa shape index (κ2) is 1.51. The van der Waals surface area contributed by atoms with E-state index in [9.17, 15) is 0 Å². The third kappa shape index (κ3) is 0.819. The fourth-order valence-corrected chi connectivity index (χ4v) is 0.217. The zero-order chi connectivity index (χ0) is 5.11. The average molecular weight is 100 g/mol. The van der Waals surface area contributed by atoms with Crippen molar-refractivity contribution in [1.29, 1.82) is 0 Å². The topological polar surface area (TPSA) is 56.8 Å². The Kier molecular flexibility index (Phi) is 0.856. The molecule has 0 saturated carbocycles. The molecule has 7 heavy (non-hydrogen) atoms. The second-order valence-corrected chi connectivity index (χ2v) is 0.954. The molecule has 0 fully saturated rings. The van der Waals surface area contributed by atoms with Crippen LogP contribution >= 0.6 is 0 Å². The lowest BCUT2D eigenvalue weighted by Crippen LogP contribution is -2.04. The van der Waals surface area contributed by atoms with Crippen LogP contribution in [0.3, 0.4) is 0 Å². The summed E-state index contributed by atoms with van der Waals surface area (Å²) in [4.78, 5) is 4.34. The zero-order valence-corrected chi connectivity index (χ0v) is 3.50. The first-order valence-electron chi connectivity index (χ1n) is 1.69. The minimum Gasteiger partial charge on any atom is -0.423 e. The van der Waals surface area contributed by atoms with Gasteiger partial charge in [0.15, 0.2) is 6.26 Å². The van der Waals surface area contributed by atoms with Crippen molar-refractivity contribution in [2.75, 3.05) is 0 Å². The van der Waals surface area contributed by atoms with Crippen LogP contribution in [0.15, 0.2) is 17.3 Å². The van der Waals surface area contributed by atoms with Gasteiger partial charge in [0.2, 0.25) is 12.3 Å². The van der Waals surface area contributed by atoms with Gasteiger partial charge in [-0.15, -0.1) is 0 Å². The van der Waals surface area contributed by atoms with Crippen LogP contribution in [0, 0.1) is 0 Å². The normalized spacial score (nSPS) is 16.9. The minimum atomic E-state index is 0.218. The third-order valence-corrected chi connectivity index (χ3v) is 0.462. The predicted molar refractivity (Wildman–Crippen MR) is 22.9 cm³/mol. The summed E-state index contributed by atoms with van der Waals surface area (Å²) in [5.74, 6) is 0.218. The molecule has 1 heterocycles. The van der Waals surface area contributed by atoms with E-state index in [1.165, 1.54) is 6.26 Å². The molecule has 4 nitrogen and oxygen atoms in total. The van der Waals surface area contributed by atoms with E-state index in [2.05, 4.69) is 14.7 Å². The Labute approximate surface area is 40.2 Å². The van der Waals surface area contributed by atoms with E-state index in [4.69, 9.17) is 5.73 Å². The fourth-order valence-electron chi connectivity index (χ4n) is 0.217. The summed E-state index contributed by atoms with van der Waals surface area (Å²) < 4.78 is 4.50. The quantitative estimate of drug-likeness (QED) is 0.456. The summed E-state index contributed by atoms with van der Waals surface area (Å²) in [7, 11) is 0. The van der Waals surface area contributed by atoms with Crippen molar-refractivity contribution in [2.24, 2.45) is 10.9 Å². The molecule has 1 aliphatic heterocycles. The summed E-state index contributed by atoms with van der Waals surface area (Å²) in [5.41, 5.74) is 5.06. The van der Waals surface area contributed by atoms with Gasteiger partial charge in [-0.25, -0.2) is 0 Å². The van der Waals surface area contributed by atoms with Crippen molar-refractivity contribution in [3.63, 3.8) is 0 Å². The highest BCUT2D eigenvalue weighted by Crippen LogP contribution is 1.91. The molecular weight excluding hydrogens is 96.0 g/mol. The first-order chi connectivity index (χ1) is 3.39. The van der Waals surface area contributed by atoms with Gasteiger partial charge in [-0.05, 0) is 5.16 Å². The number of hydrogen-bond donors (Lipinski definition) is 1. The lowest BCUT2D eigenvalue weighted by Gasteiger charge is -1.99. The standard InChI is InChI=1S/C3H4N2O2/c4-3-1-7-5-2-6-3/h1-2H,4H2. The molecule has 0 aromatic rings. The molecule has 0 aromatic heterocycles. The van der Waals surface area contributed by atoms with Gasteiger partial charge in [-0.2, -0.15) is 0 Å². The maximum Gasteiger partial charge on any atom is 0.230 e. The van der Waals surface area contributed by atoms with Crippen molar-refractivity contribution in [1.82, 2.24) is 0 Å². The van der Waals surface area contributed by atoms with E-state index in [1.54, 1.807) is 0 Å². The fraction of sp³-hybridized carbons (Fsp3) is 0. The molecule has 1 rings (SSSR count). The van der Waals surface area contributed by atoms with E-state index in [0.29, 0.717) is 0 Å². The van der Waals surface area contributed by atoms with Gasteiger partial charge in [0.05, 0.1) is 0 Å². The molecule has 0 spiro atoms. The SMILES string of the molecule is NC1=CON=CO1. The van der Waals surface area contributed by atoms with Gasteiger partial charge in [0, 0.05) is 0 Å². The molecule has 0 bridgehead atoms. The highest BCUT2D eigenvalue weighted by Gasteiger charge is 1.90. The maximum absolute atomic E-state index is 5.06. The maximum atomic E-state index is 5.06. The van der Waals surface area contributed by atoms with Gasteiger partial charge in [-0.3, -0.25) is 0 Å². The Morgan fingerprint density at radius 1 is 1.71 bits per heavy atom. The molecule has 2 N–H and O–H groups in total. The van der Waals surface area contributed by atoms with Crippen molar-refractivity contribution in [2.45, 2.75) is 0 Å². The van der Waals surface area contributed by atoms with Gasteiger partial charge < -0.3 is 15.3 Å². The highest BCUT2D eigenvalue weighted by molar-refractivity contribution is 5.47. The molecule has 0 aliphatic carbocycles. The van der Waals surface area contributed by atoms with Crippen molar-refractivity contribution < 1.29 is 9.57 Å². The Morgan fingerprint density at radius 2 is 2.57 bits per heavy atom. The molecule has 4 heteroatoms. The Hall–Kier alpha value is -1.19. The van der Waals surface area contributed by atoms with Gasteiger partial charge in [-0.1, -0.05) is 0 Å². The number of hydrogen-bond acceptors (Lipinski definition) is 4. The summed E-state index contributed by atoms with van der Waals surface area (Å²) >= 11 is 0. The number of nitrogens with two attached hydrogens (primary N) is 1. The molecular formula is C3H4N2O2. The number of oxime groups is 1. The average Bonchev–Trinajstić information content (AvgIpc) is 1.69. The Balaban J connectivity index is 2.50. The lowest BCUT2D eigenvalue weighted by atomic mass is 10.9. The smallest absolute Gasteiger partial charge is 0.230 e. The number of ether oxygens (including phenoxy) is 1. The second-order valence-electron chi connectivity index (χ2n) is 0.954. The molecule has 0 saturated heterocycles.